The molecule has 126 valence electrons. The van der Waals surface area contributed by atoms with Gasteiger partial charge in [0, 0.05) is 5.92 Å². The van der Waals surface area contributed by atoms with Crippen molar-refractivity contribution < 1.29 is 16.8 Å². The summed E-state index contributed by atoms with van der Waals surface area (Å²) >= 11 is 0. The summed E-state index contributed by atoms with van der Waals surface area (Å²) in [5.41, 5.74) is 0.985. The summed E-state index contributed by atoms with van der Waals surface area (Å²) in [7, 11) is -5.82. The lowest BCUT2D eigenvalue weighted by molar-refractivity contribution is -0.119. The van der Waals surface area contributed by atoms with Crippen LogP contribution < -0.4 is 0 Å². The van der Waals surface area contributed by atoms with Crippen LogP contribution in [0.5, 0.6) is 0 Å². The summed E-state index contributed by atoms with van der Waals surface area (Å²) in [6.07, 6.45) is 0. The molecule has 22 heavy (non-hydrogen) atoms. The van der Waals surface area contributed by atoms with Crippen LogP contribution in [0.2, 0.25) is 0 Å². The van der Waals surface area contributed by atoms with Gasteiger partial charge in [0.1, 0.15) is 5.78 Å². The first-order chi connectivity index (χ1) is 10.2. The first-order valence-corrected chi connectivity index (χ1v) is 10.9. The van der Waals surface area contributed by atoms with Gasteiger partial charge >= 0.3 is 10.1 Å². The normalized spacial score (nSPS) is 13.4. The quantitative estimate of drug-likeness (QED) is 0.720. The van der Waals surface area contributed by atoms with Crippen LogP contribution in [0.25, 0.3) is 0 Å². The van der Waals surface area contributed by atoms with Crippen LogP contribution >= 0.6 is 10.3 Å². The first kappa shape index (κ1) is 19.2. The van der Waals surface area contributed by atoms with Gasteiger partial charge in [-0.1, -0.05) is 45.4 Å². The van der Waals surface area contributed by atoms with Crippen LogP contribution in [-0.4, -0.2) is 31.5 Å². The van der Waals surface area contributed by atoms with Crippen molar-refractivity contribution in [3.63, 3.8) is 0 Å². The molecule has 4 nitrogen and oxygen atoms in total. The number of hydrogen-bond acceptors (Lipinski definition) is 4. The minimum absolute atomic E-state index is 0.0535. The molecule has 0 fully saturated rings. The number of carbonyl (C=O) groups excluding carboxylic acids is 1. The molecule has 0 radical (unpaired) electrons. The van der Waals surface area contributed by atoms with Gasteiger partial charge in [-0.15, -0.1) is 10.3 Å². The molecule has 0 aromatic heterocycles. The predicted octanol–water partition coefficient (Wildman–Crippen LogP) is 3.68. The van der Waals surface area contributed by atoms with Gasteiger partial charge in [-0.05, 0) is 30.6 Å². The van der Waals surface area contributed by atoms with Crippen LogP contribution in [0.1, 0.15) is 33.3 Å². The molecule has 0 N–H and O–H groups in total. The Hall–Kier alpha value is -0.850. The van der Waals surface area contributed by atoms with E-state index in [1.165, 1.54) is 0 Å². The van der Waals surface area contributed by atoms with Crippen LogP contribution in [0.3, 0.4) is 0 Å². The fourth-order valence-electron chi connectivity index (χ4n) is 1.89. The van der Waals surface area contributed by atoms with E-state index >= 15 is 0 Å². The zero-order valence-corrected chi connectivity index (χ0v) is 15.6. The highest BCUT2D eigenvalue weighted by Crippen LogP contribution is 2.51. The molecule has 0 atom stereocenters. The van der Waals surface area contributed by atoms with E-state index in [-0.39, 0.29) is 22.3 Å². The molecule has 0 amide bonds. The van der Waals surface area contributed by atoms with Gasteiger partial charge in [0.05, 0.1) is 10.6 Å². The zero-order valence-electron chi connectivity index (χ0n) is 14.0. The molecule has 0 aliphatic carbocycles. The SMILES string of the molecule is CCS(CC)(CC(=O)C(C)C)OS(=O)(=O)c1ccc(C)cc1. The van der Waals surface area contributed by atoms with E-state index in [0.29, 0.717) is 11.5 Å². The van der Waals surface area contributed by atoms with Gasteiger partial charge in [0.25, 0.3) is 0 Å². The average molecular weight is 347 g/mol. The molecular formula is C16H26O4S2. The second-order valence-electron chi connectivity index (χ2n) is 5.64. The Morgan fingerprint density at radius 2 is 1.59 bits per heavy atom. The minimum atomic E-state index is -3.85. The van der Waals surface area contributed by atoms with Crippen LogP contribution in [0, 0.1) is 12.8 Å². The van der Waals surface area contributed by atoms with Crippen molar-refractivity contribution in [2.75, 3.05) is 17.3 Å². The Labute approximate surface area is 135 Å². The van der Waals surface area contributed by atoms with Gasteiger partial charge in [-0.25, -0.2) is 3.63 Å². The maximum Gasteiger partial charge on any atom is 0.306 e. The van der Waals surface area contributed by atoms with Crippen LogP contribution in [-0.2, 0) is 18.5 Å². The third-order valence-corrected chi connectivity index (χ3v) is 9.28. The van der Waals surface area contributed by atoms with Crippen molar-refractivity contribution in [3.05, 3.63) is 29.8 Å². The Morgan fingerprint density at radius 1 is 1.09 bits per heavy atom. The molecule has 0 aliphatic rings. The van der Waals surface area contributed by atoms with E-state index in [9.17, 15) is 13.2 Å². The van der Waals surface area contributed by atoms with Gasteiger partial charge in [0.2, 0.25) is 0 Å². The number of rotatable bonds is 8. The molecule has 0 spiro atoms. The number of carbonyl (C=O) groups is 1. The Morgan fingerprint density at radius 3 is 2.00 bits per heavy atom. The zero-order chi connectivity index (χ0) is 17.0. The molecule has 0 heterocycles. The number of aryl methyl sites for hydroxylation is 1. The molecular weight excluding hydrogens is 320 g/mol. The van der Waals surface area contributed by atoms with E-state index < -0.39 is 20.4 Å². The summed E-state index contributed by atoms with van der Waals surface area (Å²) in [5, 5.41) is 0. The van der Waals surface area contributed by atoms with Gasteiger partial charge < -0.3 is 0 Å². The second kappa shape index (κ2) is 7.62. The second-order valence-corrected chi connectivity index (χ2v) is 10.9. The Bertz CT molecular complexity index is 600. The molecule has 0 bridgehead atoms. The highest BCUT2D eigenvalue weighted by Gasteiger charge is 2.32. The molecule has 0 saturated carbocycles. The van der Waals surface area contributed by atoms with Crippen molar-refractivity contribution in [2.24, 2.45) is 5.92 Å². The van der Waals surface area contributed by atoms with Gasteiger partial charge in [0.15, 0.2) is 0 Å². The highest BCUT2D eigenvalue weighted by atomic mass is 32.3. The monoisotopic (exact) mass is 346 g/mol. The van der Waals surface area contributed by atoms with E-state index in [0.717, 1.165) is 5.56 Å². The molecule has 1 aromatic carbocycles. The van der Waals surface area contributed by atoms with Crippen molar-refractivity contribution in [2.45, 2.75) is 39.5 Å². The third kappa shape index (κ3) is 4.83. The van der Waals surface area contributed by atoms with E-state index in [1.54, 1.807) is 24.3 Å². The standard InChI is InChI=1S/C16H26O4S2/c1-6-21(7-2,12-16(17)13(3)4)20-22(18,19)15-10-8-14(5)9-11-15/h8-11,13H,6-7,12H2,1-5H3. The fraction of sp³-hybridized carbons (Fsp3) is 0.562. The van der Waals surface area contributed by atoms with E-state index in [1.807, 2.05) is 34.6 Å². The Balaban J connectivity index is 3.08. The fourth-order valence-corrected chi connectivity index (χ4v) is 6.82. The van der Waals surface area contributed by atoms with Gasteiger partial charge in [-0.3, -0.25) is 4.79 Å². The maximum absolute atomic E-state index is 12.5. The van der Waals surface area contributed by atoms with Crippen molar-refractivity contribution in [3.8, 4) is 0 Å². The summed E-state index contributed by atoms with van der Waals surface area (Å²) in [4.78, 5) is 12.2. The number of hydrogen-bond donors (Lipinski definition) is 0. The topological polar surface area (TPSA) is 60.4 Å². The number of benzene rings is 1. The summed E-state index contributed by atoms with van der Waals surface area (Å²) in [6, 6.07) is 6.57. The van der Waals surface area contributed by atoms with Crippen molar-refractivity contribution in [1.82, 2.24) is 0 Å². The van der Waals surface area contributed by atoms with E-state index in [2.05, 4.69) is 0 Å². The first-order valence-electron chi connectivity index (χ1n) is 7.47. The lowest BCUT2D eigenvalue weighted by Gasteiger charge is -2.36. The molecule has 1 aromatic rings. The predicted molar refractivity (Wildman–Crippen MR) is 92.8 cm³/mol. The third-order valence-electron chi connectivity index (χ3n) is 3.65. The average Bonchev–Trinajstić information content (AvgIpc) is 2.46. The van der Waals surface area contributed by atoms with Crippen molar-refractivity contribution in [1.29, 1.82) is 0 Å². The van der Waals surface area contributed by atoms with Crippen LogP contribution in [0.4, 0.5) is 0 Å². The minimum Gasteiger partial charge on any atom is -0.298 e. The lowest BCUT2D eigenvalue weighted by atomic mass is 10.1. The maximum atomic E-state index is 12.5. The highest BCUT2D eigenvalue weighted by molar-refractivity contribution is 8.33. The van der Waals surface area contributed by atoms with Gasteiger partial charge in [-0.2, -0.15) is 8.42 Å². The summed E-state index contributed by atoms with van der Waals surface area (Å²) < 4.78 is 30.6. The molecule has 0 saturated heterocycles. The Kier molecular flexibility index (Phi) is 6.65. The lowest BCUT2D eigenvalue weighted by Crippen LogP contribution is -2.25. The smallest absolute Gasteiger partial charge is 0.298 e. The summed E-state index contributed by atoms with van der Waals surface area (Å²) in [6.45, 7) is 9.32. The molecule has 0 unspecified atom stereocenters. The largest absolute Gasteiger partial charge is 0.306 e. The van der Waals surface area contributed by atoms with Crippen LogP contribution in [0.15, 0.2) is 29.2 Å². The molecule has 1 rings (SSSR count). The van der Waals surface area contributed by atoms with E-state index in [4.69, 9.17) is 3.63 Å². The molecule has 0 aliphatic heterocycles. The number of ketones is 1. The molecule has 6 heteroatoms. The number of Topliss-reactive ketones (excluding diaryl/α,β-unsaturated/α-hetero) is 1. The summed E-state index contributed by atoms with van der Waals surface area (Å²) in [5.74, 6) is 1.23. The van der Waals surface area contributed by atoms with Crippen molar-refractivity contribution >= 4 is 26.2 Å².